The molecule has 4 atom stereocenters. The zero-order valence-corrected chi connectivity index (χ0v) is 12.1. The van der Waals surface area contributed by atoms with Crippen LogP contribution >= 0.6 is 0 Å². The number of nitrogens with one attached hydrogen (secondary N) is 1. The largest absolute Gasteiger partial charge is 0.311 e. The number of rotatable bonds is 2. The van der Waals surface area contributed by atoms with Crippen LogP contribution in [0, 0.1) is 17.8 Å². The SMILES string of the molecule is CC1CCC(N2CCNC(C(C)C)C2)C(C)C1. The van der Waals surface area contributed by atoms with Gasteiger partial charge in [0.25, 0.3) is 0 Å². The Morgan fingerprint density at radius 2 is 1.94 bits per heavy atom. The van der Waals surface area contributed by atoms with Gasteiger partial charge in [0.2, 0.25) is 0 Å². The van der Waals surface area contributed by atoms with Crippen LogP contribution < -0.4 is 5.32 Å². The molecule has 1 heterocycles. The summed E-state index contributed by atoms with van der Waals surface area (Å²) in [7, 11) is 0. The number of piperazine rings is 1. The molecule has 17 heavy (non-hydrogen) atoms. The van der Waals surface area contributed by atoms with E-state index in [1.165, 1.54) is 38.9 Å². The van der Waals surface area contributed by atoms with Crippen molar-refractivity contribution in [1.82, 2.24) is 10.2 Å². The highest BCUT2D eigenvalue weighted by Crippen LogP contribution is 2.32. The standard InChI is InChI=1S/C15H30N2/c1-11(2)14-10-17(8-7-16-14)15-6-5-12(3)9-13(15)4/h11-16H,5-10H2,1-4H3. The summed E-state index contributed by atoms with van der Waals surface area (Å²) in [6.45, 7) is 13.3. The van der Waals surface area contributed by atoms with Crippen molar-refractivity contribution in [1.29, 1.82) is 0 Å². The molecule has 4 unspecified atom stereocenters. The first-order valence-electron chi connectivity index (χ1n) is 7.55. The van der Waals surface area contributed by atoms with Gasteiger partial charge in [0.15, 0.2) is 0 Å². The van der Waals surface area contributed by atoms with Gasteiger partial charge >= 0.3 is 0 Å². The van der Waals surface area contributed by atoms with Crippen molar-refractivity contribution < 1.29 is 0 Å². The predicted molar refractivity (Wildman–Crippen MR) is 74.2 cm³/mol. The molecule has 2 aliphatic rings. The zero-order chi connectivity index (χ0) is 12.4. The second-order valence-electron chi connectivity index (χ2n) is 6.76. The Morgan fingerprint density at radius 1 is 1.18 bits per heavy atom. The second kappa shape index (κ2) is 5.71. The number of hydrogen-bond donors (Lipinski definition) is 1. The van der Waals surface area contributed by atoms with Crippen LogP contribution in [0.1, 0.15) is 47.0 Å². The van der Waals surface area contributed by atoms with E-state index >= 15 is 0 Å². The average Bonchev–Trinajstić information content (AvgIpc) is 2.29. The Hall–Kier alpha value is -0.0800. The van der Waals surface area contributed by atoms with Gasteiger partial charge in [0.05, 0.1) is 0 Å². The van der Waals surface area contributed by atoms with Gasteiger partial charge in [-0.25, -0.2) is 0 Å². The van der Waals surface area contributed by atoms with Crippen LogP contribution in [0.2, 0.25) is 0 Å². The van der Waals surface area contributed by atoms with E-state index in [1.807, 2.05) is 0 Å². The lowest BCUT2D eigenvalue weighted by Crippen LogP contribution is -2.57. The zero-order valence-electron chi connectivity index (χ0n) is 12.1. The smallest absolute Gasteiger partial charge is 0.0218 e. The number of hydrogen-bond acceptors (Lipinski definition) is 2. The first-order chi connectivity index (χ1) is 8.08. The summed E-state index contributed by atoms with van der Waals surface area (Å²) in [4.78, 5) is 2.78. The monoisotopic (exact) mass is 238 g/mol. The molecule has 0 aromatic heterocycles. The van der Waals surface area contributed by atoms with Crippen LogP contribution in [0.3, 0.4) is 0 Å². The fraction of sp³-hybridized carbons (Fsp3) is 1.00. The van der Waals surface area contributed by atoms with Crippen LogP contribution in [0.5, 0.6) is 0 Å². The fourth-order valence-corrected chi connectivity index (χ4v) is 3.74. The minimum atomic E-state index is 0.704. The molecule has 1 aliphatic heterocycles. The van der Waals surface area contributed by atoms with Crippen molar-refractivity contribution in [2.24, 2.45) is 17.8 Å². The maximum atomic E-state index is 3.67. The second-order valence-corrected chi connectivity index (χ2v) is 6.76. The first-order valence-corrected chi connectivity index (χ1v) is 7.55. The van der Waals surface area contributed by atoms with Gasteiger partial charge < -0.3 is 5.32 Å². The summed E-state index contributed by atoms with van der Waals surface area (Å²) in [5.74, 6) is 2.60. The molecule has 0 spiro atoms. The number of nitrogens with zero attached hydrogens (tertiary/aromatic N) is 1. The fourth-order valence-electron chi connectivity index (χ4n) is 3.74. The van der Waals surface area contributed by atoms with Gasteiger partial charge in [0.1, 0.15) is 0 Å². The molecular formula is C15H30N2. The molecule has 0 bridgehead atoms. The lowest BCUT2D eigenvalue weighted by atomic mass is 9.78. The lowest BCUT2D eigenvalue weighted by Gasteiger charge is -2.45. The van der Waals surface area contributed by atoms with Gasteiger partial charge in [0, 0.05) is 31.7 Å². The van der Waals surface area contributed by atoms with Crippen LogP contribution in [0.25, 0.3) is 0 Å². The van der Waals surface area contributed by atoms with E-state index in [-0.39, 0.29) is 0 Å². The average molecular weight is 238 g/mol. The summed E-state index contributed by atoms with van der Waals surface area (Å²) in [6, 6.07) is 1.56. The Kier molecular flexibility index (Phi) is 4.48. The highest BCUT2D eigenvalue weighted by molar-refractivity contribution is 4.89. The Bertz CT molecular complexity index is 239. The molecule has 2 nitrogen and oxygen atoms in total. The molecule has 1 N–H and O–H groups in total. The minimum Gasteiger partial charge on any atom is -0.311 e. The van der Waals surface area contributed by atoms with Gasteiger partial charge in [-0.05, 0) is 37.0 Å². The van der Waals surface area contributed by atoms with Gasteiger partial charge in [-0.15, -0.1) is 0 Å². The van der Waals surface area contributed by atoms with E-state index in [4.69, 9.17) is 0 Å². The maximum absolute atomic E-state index is 3.67. The van der Waals surface area contributed by atoms with E-state index in [1.54, 1.807) is 0 Å². The topological polar surface area (TPSA) is 15.3 Å². The van der Waals surface area contributed by atoms with Crippen molar-refractivity contribution in [3.63, 3.8) is 0 Å². The third kappa shape index (κ3) is 3.23. The van der Waals surface area contributed by atoms with E-state index < -0.39 is 0 Å². The summed E-state index contributed by atoms with van der Waals surface area (Å²) in [5.41, 5.74) is 0. The van der Waals surface area contributed by atoms with Crippen LogP contribution in [0.4, 0.5) is 0 Å². The molecule has 0 aromatic rings. The van der Waals surface area contributed by atoms with Crippen LogP contribution in [-0.2, 0) is 0 Å². The molecule has 2 fully saturated rings. The quantitative estimate of drug-likeness (QED) is 0.796. The normalized spacial score (nSPS) is 40.8. The molecule has 2 heteroatoms. The Balaban J connectivity index is 1.92. The molecule has 1 aliphatic carbocycles. The molecule has 1 saturated heterocycles. The van der Waals surface area contributed by atoms with Crippen molar-refractivity contribution in [3.05, 3.63) is 0 Å². The molecule has 1 saturated carbocycles. The van der Waals surface area contributed by atoms with Crippen LogP contribution in [-0.4, -0.2) is 36.6 Å². The molecule has 0 radical (unpaired) electrons. The molecule has 0 amide bonds. The molecule has 100 valence electrons. The Labute approximate surface area is 107 Å². The van der Waals surface area contributed by atoms with Gasteiger partial charge in [-0.3, -0.25) is 4.90 Å². The van der Waals surface area contributed by atoms with Crippen molar-refractivity contribution >= 4 is 0 Å². The summed E-state index contributed by atoms with van der Waals surface area (Å²) < 4.78 is 0. The Morgan fingerprint density at radius 3 is 2.59 bits per heavy atom. The van der Waals surface area contributed by atoms with Gasteiger partial charge in [-0.1, -0.05) is 27.7 Å². The van der Waals surface area contributed by atoms with E-state index in [9.17, 15) is 0 Å². The third-order valence-corrected chi connectivity index (χ3v) is 4.90. The molecular weight excluding hydrogens is 208 g/mol. The minimum absolute atomic E-state index is 0.704. The highest BCUT2D eigenvalue weighted by atomic mass is 15.2. The van der Waals surface area contributed by atoms with Crippen molar-refractivity contribution in [2.45, 2.75) is 59.0 Å². The third-order valence-electron chi connectivity index (χ3n) is 4.90. The molecule has 0 aromatic carbocycles. The van der Waals surface area contributed by atoms with E-state index in [0.717, 1.165) is 23.8 Å². The van der Waals surface area contributed by atoms with E-state index in [2.05, 4.69) is 37.9 Å². The maximum Gasteiger partial charge on any atom is 0.0218 e. The summed E-state index contributed by atoms with van der Waals surface area (Å²) in [6.07, 6.45) is 4.29. The first kappa shape index (κ1) is 13.4. The van der Waals surface area contributed by atoms with Gasteiger partial charge in [-0.2, -0.15) is 0 Å². The molecule has 2 rings (SSSR count). The predicted octanol–water partition coefficient (Wildman–Crippen LogP) is 2.74. The van der Waals surface area contributed by atoms with Crippen molar-refractivity contribution in [3.8, 4) is 0 Å². The summed E-state index contributed by atoms with van der Waals surface area (Å²) >= 11 is 0. The van der Waals surface area contributed by atoms with E-state index in [0.29, 0.717) is 6.04 Å². The lowest BCUT2D eigenvalue weighted by molar-refractivity contribution is 0.0595. The summed E-state index contributed by atoms with van der Waals surface area (Å²) in [5, 5.41) is 3.67. The van der Waals surface area contributed by atoms with Crippen molar-refractivity contribution in [2.75, 3.05) is 19.6 Å². The van der Waals surface area contributed by atoms with Crippen LogP contribution in [0.15, 0.2) is 0 Å². The highest BCUT2D eigenvalue weighted by Gasteiger charge is 2.33.